The standard InChI is InChI=1S/C13H23N3O5/c1-3-5-15(8-11(17)18)13(20)16-6-7-21-9-10(16)12(19)14-4-2/h10H,3-9H2,1-2H3,(H,14,19)(H,17,18). The second-order valence-electron chi connectivity index (χ2n) is 4.78. The van der Waals surface area contributed by atoms with Crippen LogP contribution in [0.1, 0.15) is 20.3 Å². The number of aliphatic carboxylic acids is 1. The van der Waals surface area contributed by atoms with Crippen LogP contribution in [0.15, 0.2) is 0 Å². The van der Waals surface area contributed by atoms with Crippen molar-refractivity contribution in [1.29, 1.82) is 0 Å². The Bertz CT molecular complexity index is 388. The molecular weight excluding hydrogens is 278 g/mol. The fourth-order valence-corrected chi connectivity index (χ4v) is 2.20. The predicted molar refractivity (Wildman–Crippen MR) is 74.9 cm³/mol. The number of rotatable bonds is 6. The van der Waals surface area contributed by atoms with Crippen molar-refractivity contribution in [2.24, 2.45) is 0 Å². The number of morpholine rings is 1. The van der Waals surface area contributed by atoms with Gasteiger partial charge in [0.25, 0.3) is 0 Å². The van der Waals surface area contributed by atoms with E-state index in [0.717, 1.165) is 0 Å². The summed E-state index contributed by atoms with van der Waals surface area (Å²) in [6, 6.07) is -1.14. The third kappa shape index (κ3) is 4.89. The molecule has 1 heterocycles. The molecule has 3 amide bonds. The van der Waals surface area contributed by atoms with E-state index in [-0.39, 0.29) is 25.6 Å². The summed E-state index contributed by atoms with van der Waals surface area (Å²) in [5.41, 5.74) is 0. The molecular formula is C13H23N3O5. The lowest BCUT2D eigenvalue weighted by atomic mass is 10.2. The van der Waals surface area contributed by atoms with Crippen LogP contribution < -0.4 is 5.32 Å². The lowest BCUT2D eigenvalue weighted by Crippen LogP contribution is -2.59. The van der Waals surface area contributed by atoms with Gasteiger partial charge in [-0.15, -0.1) is 0 Å². The van der Waals surface area contributed by atoms with Gasteiger partial charge in [0.1, 0.15) is 12.6 Å². The molecule has 1 unspecified atom stereocenters. The van der Waals surface area contributed by atoms with Gasteiger partial charge in [-0.2, -0.15) is 0 Å². The zero-order valence-electron chi connectivity index (χ0n) is 12.5. The number of carbonyl (C=O) groups excluding carboxylic acids is 2. The minimum Gasteiger partial charge on any atom is -0.480 e. The highest BCUT2D eigenvalue weighted by Crippen LogP contribution is 2.11. The third-order valence-electron chi connectivity index (χ3n) is 3.12. The quantitative estimate of drug-likeness (QED) is 0.704. The van der Waals surface area contributed by atoms with Gasteiger partial charge in [0.05, 0.1) is 13.2 Å². The number of ether oxygens (including phenoxy) is 1. The van der Waals surface area contributed by atoms with Crippen LogP contribution in [0, 0.1) is 0 Å². The number of hydrogen-bond donors (Lipinski definition) is 2. The van der Waals surface area contributed by atoms with Gasteiger partial charge in [-0.25, -0.2) is 4.79 Å². The molecule has 1 aliphatic heterocycles. The Morgan fingerprint density at radius 2 is 2.10 bits per heavy atom. The van der Waals surface area contributed by atoms with Crippen LogP contribution in [-0.4, -0.2) is 78.2 Å². The summed E-state index contributed by atoms with van der Waals surface area (Å²) >= 11 is 0. The zero-order valence-corrected chi connectivity index (χ0v) is 12.5. The smallest absolute Gasteiger partial charge is 0.323 e. The lowest BCUT2D eigenvalue weighted by Gasteiger charge is -2.37. The predicted octanol–water partition coefficient (Wildman–Crippen LogP) is -0.260. The zero-order chi connectivity index (χ0) is 15.8. The Balaban J connectivity index is 2.82. The molecule has 0 aromatic carbocycles. The lowest BCUT2D eigenvalue weighted by molar-refractivity contribution is -0.138. The minimum atomic E-state index is -1.07. The molecule has 1 fully saturated rings. The van der Waals surface area contributed by atoms with Crippen molar-refractivity contribution >= 4 is 17.9 Å². The summed E-state index contributed by atoms with van der Waals surface area (Å²) in [6.07, 6.45) is 0.648. The molecule has 0 aliphatic carbocycles. The first kappa shape index (κ1) is 17.2. The SMILES string of the molecule is CCCN(CC(=O)O)C(=O)N1CCOCC1C(=O)NCC. The molecule has 1 saturated heterocycles. The number of carbonyl (C=O) groups is 3. The number of hydrogen-bond acceptors (Lipinski definition) is 4. The van der Waals surface area contributed by atoms with Crippen LogP contribution in [0.2, 0.25) is 0 Å². The van der Waals surface area contributed by atoms with E-state index in [2.05, 4.69) is 5.32 Å². The Kier molecular flexibility index (Phi) is 6.93. The number of carboxylic acids is 1. The molecule has 120 valence electrons. The van der Waals surface area contributed by atoms with Gasteiger partial charge in [0.15, 0.2) is 0 Å². The van der Waals surface area contributed by atoms with E-state index in [4.69, 9.17) is 9.84 Å². The molecule has 0 saturated carbocycles. The fourth-order valence-electron chi connectivity index (χ4n) is 2.20. The Labute approximate surface area is 124 Å². The largest absolute Gasteiger partial charge is 0.480 e. The van der Waals surface area contributed by atoms with Gasteiger partial charge < -0.3 is 25.0 Å². The second-order valence-corrected chi connectivity index (χ2v) is 4.78. The summed E-state index contributed by atoms with van der Waals surface area (Å²) in [7, 11) is 0. The highest BCUT2D eigenvalue weighted by molar-refractivity contribution is 5.88. The van der Waals surface area contributed by atoms with Crippen molar-refractivity contribution in [3.63, 3.8) is 0 Å². The maximum Gasteiger partial charge on any atom is 0.323 e. The molecule has 0 aromatic heterocycles. The summed E-state index contributed by atoms with van der Waals surface area (Å²) in [4.78, 5) is 38.0. The number of carboxylic acid groups (broad SMARTS) is 1. The van der Waals surface area contributed by atoms with Gasteiger partial charge in [0, 0.05) is 19.6 Å². The number of urea groups is 1. The monoisotopic (exact) mass is 301 g/mol. The van der Waals surface area contributed by atoms with E-state index in [1.165, 1.54) is 9.80 Å². The Morgan fingerprint density at radius 1 is 1.38 bits per heavy atom. The highest BCUT2D eigenvalue weighted by Gasteiger charge is 2.35. The molecule has 0 radical (unpaired) electrons. The highest BCUT2D eigenvalue weighted by atomic mass is 16.5. The van der Waals surface area contributed by atoms with Crippen molar-refractivity contribution in [1.82, 2.24) is 15.1 Å². The maximum absolute atomic E-state index is 12.5. The number of amides is 3. The van der Waals surface area contributed by atoms with Gasteiger partial charge in [-0.05, 0) is 13.3 Å². The minimum absolute atomic E-state index is 0.130. The molecule has 0 spiro atoms. The molecule has 2 N–H and O–H groups in total. The Hall–Kier alpha value is -1.83. The van der Waals surface area contributed by atoms with Crippen molar-refractivity contribution in [2.45, 2.75) is 26.3 Å². The normalized spacial score (nSPS) is 18.2. The van der Waals surface area contributed by atoms with E-state index in [1.807, 2.05) is 6.92 Å². The van der Waals surface area contributed by atoms with Gasteiger partial charge in [-0.1, -0.05) is 6.92 Å². The summed E-state index contributed by atoms with van der Waals surface area (Å²) in [5, 5.41) is 11.6. The molecule has 21 heavy (non-hydrogen) atoms. The van der Waals surface area contributed by atoms with E-state index in [1.54, 1.807) is 6.92 Å². The van der Waals surface area contributed by atoms with Crippen molar-refractivity contribution in [2.75, 3.05) is 39.4 Å². The van der Waals surface area contributed by atoms with Crippen LogP contribution >= 0.6 is 0 Å². The first-order valence-electron chi connectivity index (χ1n) is 7.14. The molecule has 1 aliphatic rings. The van der Waals surface area contributed by atoms with Crippen LogP contribution in [0.3, 0.4) is 0 Å². The third-order valence-corrected chi connectivity index (χ3v) is 3.12. The summed E-state index contributed by atoms with van der Waals surface area (Å²) in [5.74, 6) is -1.35. The van der Waals surface area contributed by atoms with Gasteiger partial charge >= 0.3 is 12.0 Å². The number of nitrogens with one attached hydrogen (secondary N) is 1. The van der Waals surface area contributed by atoms with E-state index >= 15 is 0 Å². The summed E-state index contributed by atoms with van der Waals surface area (Å²) in [6.45, 7) is 4.84. The van der Waals surface area contributed by atoms with E-state index < -0.39 is 18.0 Å². The van der Waals surface area contributed by atoms with Crippen LogP contribution in [0.4, 0.5) is 4.79 Å². The van der Waals surface area contributed by atoms with Crippen LogP contribution in [0.5, 0.6) is 0 Å². The van der Waals surface area contributed by atoms with E-state index in [9.17, 15) is 14.4 Å². The van der Waals surface area contributed by atoms with E-state index in [0.29, 0.717) is 26.1 Å². The van der Waals surface area contributed by atoms with Crippen molar-refractivity contribution in [3.8, 4) is 0 Å². The molecule has 8 nitrogen and oxygen atoms in total. The van der Waals surface area contributed by atoms with Gasteiger partial charge in [-0.3, -0.25) is 9.59 Å². The fraction of sp³-hybridized carbons (Fsp3) is 0.769. The first-order valence-corrected chi connectivity index (χ1v) is 7.14. The summed E-state index contributed by atoms with van der Waals surface area (Å²) < 4.78 is 5.26. The molecule has 0 aromatic rings. The molecule has 0 bridgehead atoms. The van der Waals surface area contributed by atoms with Crippen molar-refractivity contribution < 1.29 is 24.2 Å². The van der Waals surface area contributed by atoms with Crippen LogP contribution in [0.25, 0.3) is 0 Å². The van der Waals surface area contributed by atoms with Crippen molar-refractivity contribution in [3.05, 3.63) is 0 Å². The average Bonchev–Trinajstić information content (AvgIpc) is 2.46. The average molecular weight is 301 g/mol. The molecule has 1 atom stereocenters. The molecule has 8 heteroatoms. The van der Waals surface area contributed by atoms with Crippen LogP contribution in [-0.2, 0) is 14.3 Å². The first-order chi connectivity index (χ1) is 10.0. The number of likely N-dealkylation sites (N-methyl/N-ethyl adjacent to an activating group) is 1. The molecule has 1 rings (SSSR count). The Morgan fingerprint density at radius 3 is 2.67 bits per heavy atom. The topological polar surface area (TPSA) is 99.2 Å². The second kappa shape index (κ2) is 8.46. The maximum atomic E-state index is 12.5. The van der Waals surface area contributed by atoms with Gasteiger partial charge in [0.2, 0.25) is 5.91 Å². The number of nitrogens with zero attached hydrogens (tertiary/aromatic N) is 2.